The van der Waals surface area contributed by atoms with Crippen molar-refractivity contribution in [1.82, 2.24) is 0 Å². The smallest absolute Gasteiger partial charge is 0.228 e. The van der Waals surface area contributed by atoms with Gasteiger partial charge in [-0.05, 0) is 49.1 Å². The maximum atomic E-state index is 12.8. The van der Waals surface area contributed by atoms with E-state index in [4.69, 9.17) is 0 Å². The van der Waals surface area contributed by atoms with Gasteiger partial charge in [-0.3, -0.25) is 4.79 Å². The number of amides is 1. The van der Waals surface area contributed by atoms with Gasteiger partial charge in [0.25, 0.3) is 0 Å². The summed E-state index contributed by atoms with van der Waals surface area (Å²) in [5.74, 6) is 0.978. The largest absolute Gasteiger partial charge is 0.325 e. The molecule has 0 bridgehead atoms. The number of allylic oxidation sites excluding steroid dienone is 2. The number of rotatable bonds is 4. The molecule has 0 spiro atoms. The summed E-state index contributed by atoms with van der Waals surface area (Å²) in [7, 11) is 0. The number of carbonyl (C=O) groups is 1. The summed E-state index contributed by atoms with van der Waals surface area (Å²) >= 11 is 0. The Labute approximate surface area is 135 Å². The molecule has 120 valence electrons. The summed E-state index contributed by atoms with van der Waals surface area (Å²) < 4.78 is 0. The Balaban J connectivity index is 2.23. The van der Waals surface area contributed by atoms with Gasteiger partial charge in [-0.2, -0.15) is 0 Å². The second-order valence-corrected chi connectivity index (χ2v) is 7.75. The third-order valence-corrected chi connectivity index (χ3v) is 4.88. The number of nitrogens with one attached hydrogen (secondary N) is 1. The molecule has 2 rings (SSSR count). The van der Waals surface area contributed by atoms with Gasteiger partial charge in [0.15, 0.2) is 0 Å². The first-order valence-corrected chi connectivity index (χ1v) is 8.21. The molecule has 0 aliphatic heterocycles. The summed E-state index contributed by atoms with van der Waals surface area (Å²) in [6.45, 7) is 15.0. The van der Waals surface area contributed by atoms with E-state index >= 15 is 0 Å². The fourth-order valence-electron chi connectivity index (χ4n) is 3.39. The van der Waals surface area contributed by atoms with Crippen molar-refractivity contribution in [2.24, 2.45) is 17.3 Å². The molecular weight excluding hydrogens is 270 g/mol. The predicted octanol–water partition coefficient (Wildman–Crippen LogP) is 5.30. The lowest BCUT2D eigenvalue weighted by atomic mass is 9.98. The number of para-hydroxylation sites is 1. The summed E-state index contributed by atoms with van der Waals surface area (Å²) in [5, 5.41) is 3.21. The molecule has 2 heteroatoms. The quantitative estimate of drug-likeness (QED) is 0.751. The number of anilines is 1. The number of hydrogen-bond donors (Lipinski definition) is 1. The van der Waals surface area contributed by atoms with E-state index in [2.05, 4.69) is 78.1 Å². The molecule has 0 aromatic heterocycles. The normalized spacial score (nSPS) is 22.4. The van der Waals surface area contributed by atoms with Gasteiger partial charge >= 0.3 is 0 Å². The van der Waals surface area contributed by atoms with Gasteiger partial charge in [-0.1, -0.05) is 57.5 Å². The standard InChI is InChI=1S/C20H29NO/c1-12(2)11-16-17(20(16,6)7)19(22)21-18-14(5)9-8-10-15(18)13(3)4/h8-11,13,16-17H,1-7H3,(H,21,22)/t16-,17+/m0/s1. The first-order chi connectivity index (χ1) is 10.2. The maximum Gasteiger partial charge on any atom is 0.228 e. The van der Waals surface area contributed by atoms with Gasteiger partial charge in [0.2, 0.25) is 5.91 Å². The molecule has 1 amide bonds. The SMILES string of the molecule is CC(C)=C[C@H]1[C@H](C(=O)Nc2c(C)cccc2C(C)C)C1(C)C. The topological polar surface area (TPSA) is 29.1 Å². The zero-order valence-electron chi connectivity index (χ0n) is 14.9. The predicted molar refractivity (Wildman–Crippen MR) is 94.1 cm³/mol. The highest BCUT2D eigenvalue weighted by Crippen LogP contribution is 2.59. The Morgan fingerprint density at radius 1 is 1.27 bits per heavy atom. The van der Waals surface area contributed by atoms with Gasteiger partial charge in [-0.25, -0.2) is 0 Å². The average Bonchev–Trinajstić information content (AvgIpc) is 2.92. The summed E-state index contributed by atoms with van der Waals surface area (Å²) in [6, 6.07) is 6.24. The van der Waals surface area contributed by atoms with E-state index in [9.17, 15) is 4.79 Å². The van der Waals surface area contributed by atoms with Crippen LogP contribution in [0.2, 0.25) is 0 Å². The highest BCUT2D eigenvalue weighted by molar-refractivity contribution is 5.97. The minimum atomic E-state index is 0.0576. The molecule has 22 heavy (non-hydrogen) atoms. The van der Waals surface area contributed by atoms with E-state index in [0.29, 0.717) is 11.8 Å². The minimum absolute atomic E-state index is 0.0576. The molecular formula is C20H29NO. The lowest BCUT2D eigenvalue weighted by Crippen LogP contribution is -2.19. The molecule has 0 radical (unpaired) electrons. The van der Waals surface area contributed by atoms with Crippen LogP contribution in [-0.4, -0.2) is 5.91 Å². The van der Waals surface area contributed by atoms with Crippen LogP contribution in [0.15, 0.2) is 29.8 Å². The van der Waals surface area contributed by atoms with E-state index in [-0.39, 0.29) is 17.2 Å². The third-order valence-electron chi connectivity index (χ3n) is 4.88. The van der Waals surface area contributed by atoms with Crippen LogP contribution in [0.1, 0.15) is 58.6 Å². The molecule has 1 saturated carbocycles. The molecule has 1 aliphatic carbocycles. The van der Waals surface area contributed by atoms with Crippen molar-refractivity contribution < 1.29 is 4.79 Å². The average molecular weight is 299 g/mol. The fourth-order valence-corrected chi connectivity index (χ4v) is 3.39. The van der Waals surface area contributed by atoms with Crippen LogP contribution in [0.4, 0.5) is 5.69 Å². The van der Waals surface area contributed by atoms with Crippen LogP contribution in [0.25, 0.3) is 0 Å². The van der Waals surface area contributed by atoms with E-state index in [1.54, 1.807) is 0 Å². The molecule has 0 unspecified atom stereocenters. The molecule has 0 saturated heterocycles. The van der Waals surface area contributed by atoms with Crippen molar-refractivity contribution in [3.05, 3.63) is 41.0 Å². The zero-order chi connectivity index (χ0) is 16.7. The van der Waals surface area contributed by atoms with E-state index in [1.165, 1.54) is 11.1 Å². The Kier molecular flexibility index (Phi) is 4.51. The summed E-state index contributed by atoms with van der Waals surface area (Å²) in [5.41, 5.74) is 4.69. The van der Waals surface area contributed by atoms with Crippen molar-refractivity contribution in [3.63, 3.8) is 0 Å². The minimum Gasteiger partial charge on any atom is -0.325 e. The first-order valence-electron chi connectivity index (χ1n) is 8.21. The molecule has 2 nitrogen and oxygen atoms in total. The van der Waals surface area contributed by atoms with Crippen molar-refractivity contribution in [2.75, 3.05) is 5.32 Å². The van der Waals surface area contributed by atoms with E-state index < -0.39 is 0 Å². The zero-order valence-corrected chi connectivity index (χ0v) is 14.9. The van der Waals surface area contributed by atoms with Gasteiger partial charge in [0.1, 0.15) is 0 Å². The maximum absolute atomic E-state index is 12.8. The van der Waals surface area contributed by atoms with Gasteiger partial charge in [-0.15, -0.1) is 0 Å². The number of carbonyl (C=O) groups excluding carboxylic acids is 1. The molecule has 0 heterocycles. The molecule has 2 atom stereocenters. The Hall–Kier alpha value is -1.57. The highest BCUT2D eigenvalue weighted by atomic mass is 16.2. The van der Waals surface area contributed by atoms with Crippen molar-refractivity contribution in [1.29, 1.82) is 0 Å². The second kappa shape index (κ2) is 5.91. The Morgan fingerprint density at radius 3 is 2.45 bits per heavy atom. The monoisotopic (exact) mass is 299 g/mol. The van der Waals surface area contributed by atoms with Crippen LogP contribution in [0, 0.1) is 24.2 Å². The first kappa shape index (κ1) is 16.8. The van der Waals surface area contributed by atoms with Crippen LogP contribution >= 0.6 is 0 Å². The van der Waals surface area contributed by atoms with Gasteiger partial charge in [0.05, 0.1) is 5.92 Å². The molecule has 1 aliphatic rings. The molecule has 1 N–H and O–H groups in total. The van der Waals surface area contributed by atoms with Crippen LogP contribution in [-0.2, 0) is 4.79 Å². The Bertz CT molecular complexity index is 606. The molecule has 1 fully saturated rings. The number of aryl methyl sites for hydroxylation is 1. The van der Waals surface area contributed by atoms with Crippen LogP contribution < -0.4 is 5.32 Å². The van der Waals surface area contributed by atoms with Gasteiger partial charge < -0.3 is 5.32 Å². The molecule has 1 aromatic carbocycles. The Morgan fingerprint density at radius 2 is 1.91 bits per heavy atom. The lowest BCUT2D eigenvalue weighted by molar-refractivity contribution is -0.118. The van der Waals surface area contributed by atoms with Crippen molar-refractivity contribution in [3.8, 4) is 0 Å². The molecule has 1 aromatic rings. The van der Waals surface area contributed by atoms with Crippen LogP contribution in [0.5, 0.6) is 0 Å². The second-order valence-electron chi connectivity index (χ2n) is 7.75. The summed E-state index contributed by atoms with van der Waals surface area (Å²) in [4.78, 5) is 12.8. The van der Waals surface area contributed by atoms with Crippen molar-refractivity contribution in [2.45, 2.75) is 54.4 Å². The number of benzene rings is 1. The highest BCUT2D eigenvalue weighted by Gasteiger charge is 2.60. The fraction of sp³-hybridized carbons (Fsp3) is 0.550. The number of hydrogen-bond acceptors (Lipinski definition) is 1. The van der Waals surface area contributed by atoms with Crippen LogP contribution in [0.3, 0.4) is 0 Å². The van der Waals surface area contributed by atoms with Crippen molar-refractivity contribution >= 4 is 11.6 Å². The summed E-state index contributed by atoms with van der Waals surface area (Å²) in [6.07, 6.45) is 2.24. The third kappa shape index (κ3) is 3.11. The van der Waals surface area contributed by atoms with E-state index in [1.807, 2.05) is 0 Å². The lowest BCUT2D eigenvalue weighted by Gasteiger charge is -2.16. The van der Waals surface area contributed by atoms with E-state index in [0.717, 1.165) is 11.3 Å². The van der Waals surface area contributed by atoms with Gasteiger partial charge in [0, 0.05) is 5.69 Å².